The number of nitrogens with zero attached hydrogens (tertiary/aromatic N) is 2. The number of nitrogens with two attached hydrogens (primary N) is 2. The highest BCUT2D eigenvalue weighted by atomic mass is 19.4. The van der Waals surface area contributed by atoms with Gasteiger partial charge in [0.2, 0.25) is 0 Å². The molecule has 1 aliphatic heterocycles. The normalized spacial score (nSPS) is 34.7. The highest BCUT2D eigenvalue weighted by Crippen LogP contribution is 2.28. The van der Waals surface area contributed by atoms with Crippen molar-refractivity contribution >= 4 is 0 Å². The van der Waals surface area contributed by atoms with Gasteiger partial charge in [0.25, 0.3) is 0 Å². The monoisotopic (exact) mass is 241 g/mol. The van der Waals surface area contributed by atoms with Gasteiger partial charge in [-0.15, -0.1) is 0 Å². The molecule has 1 heterocycles. The van der Waals surface area contributed by atoms with Crippen LogP contribution in [0.2, 0.25) is 0 Å². The molecule has 5 N–H and O–H groups in total. The maximum Gasteiger partial charge on any atom is 0.417 e. The molecule has 1 fully saturated rings. The van der Waals surface area contributed by atoms with E-state index in [2.05, 4.69) is 5.32 Å². The van der Waals surface area contributed by atoms with E-state index in [9.17, 15) is 13.2 Å². The van der Waals surface area contributed by atoms with Crippen molar-refractivity contribution < 1.29 is 13.2 Å². The summed E-state index contributed by atoms with van der Waals surface area (Å²) in [6, 6.07) is -0.343. The molecule has 0 radical (unpaired) electrons. The summed E-state index contributed by atoms with van der Waals surface area (Å²) in [5, 5.41) is 2.29. The average molecular weight is 241 g/mol. The fourth-order valence-corrected chi connectivity index (χ4v) is 1.76. The fraction of sp³-hybridized carbons (Fsp3) is 1.00. The molecule has 5 nitrogen and oxygen atoms in total. The second-order valence-corrected chi connectivity index (χ2v) is 4.18. The molecule has 0 aromatic carbocycles. The first-order valence-corrected chi connectivity index (χ1v) is 4.99. The SMILES string of the molecule is CC(C)N1C(N)N(C)C(N)NC1C(F)(F)F. The molecule has 8 heteroatoms. The smallest absolute Gasteiger partial charge is 0.303 e. The maximum atomic E-state index is 12.8. The first-order chi connectivity index (χ1) is 7.16. The third-order valence-electron chi connectivity index (χ3n) is 2.69. The number of hydrogen-bond donors (Lipinski definition) is 3. The molecule has 3 atom stereocenters. The Morgan fingerprint density at radius 1 is 1.25 bits per heavy atom. The molecule has 16 heavy (non-hydrogen) atoms. The number of halogens is 3. The largest absolute Gasteiger partial charge is 0.417 e. The Morgan fingerprint density at radius 3 is 2.12 bits per heavy atom. The van der Waals surface area contributed by atoms with Crippen LogP contribution in [0.3, 0.4) is 0 Å². The minimum Gasteiger partial charge on any atom is -0.303 e. The Kier molecular flexibility index (Phi) is 3.80. The highest BCUT2D eigenvalue weighted by molar-refractivity contribution is 4.88. The van der Waals surface area contributed by atoms with Crippen LogP contribution in [-0.2, 0) is 0 Å². The van der Waals surface area contributed by atoms with Crippen molar-refractivity contribution in [2.75, 3.05) is 7.05 Å². The minimum atomic E-state index is -4.40. The van der Waals surface area contributed by atoms with Crippen molar-refractivity contribution in [3.05, 3.63) is 0 Å². The van der Waals surface area contributed by atoms with Crippen molar-refractivity contribution in [1.82, 2.24) is 15.1 Å². The maximum absolute atomic E-state index is 12.8. The predicted octanol–water partition coefficient (Wildman–Crippen LogP) is -0.395. The Morgan fingerprint density at radius 2 is 1.75 bits per heavy atom. The molecule has 0 aromatic rings. The van der Waals surface area contributed by atoms with Crippen LogP contribution in [0.15, 0.2) is 0 Å². The lowest BCUT2D eigenvalue weighted by Gasteiger charge is -2.50. The summed E-state index contributed by atoms with van der Waals surface area (Å²) in [7, 11) is 1.57. The molecule has 1 saturated heterocycles. The van der Waals surface area contributed by atoms with Gasteiger partial charge in [0.05, 0.1) is 0 Å². The van der Waals surface area contributed by atoms with Crippen LogP contribution in [-0.4, -0.2) is 47.8 Å². The second kappa shape index (κ2) is 4.46. The number of alkyl halides is 3. The zero-order valence-electron chi connectivity index (χ0n) is 9.49. The van der Waals surface area contributed by atoms with E-state index in [1.54, 1.807) is 20.9 Å². The molecule has 1 aliphatic rings. The lowest BCUT2D eigenvalue weighted by atomic mass is 10.2. The van der Waals surface area contributed by atoms with E-state index in [1.165, 1.54) is 4.90 Å². The van der Waals surface area contributed by atoms with Gasteiger partial charge >= 0.3 is 6.18 Å². The van der Waals surface area contributed by atoms with Gasteiger partial charge in [0, 0.05) is 6.04 Å². The van der Waals surface area contributed by atoms with Crippen LogP contribution in [0, 0.1) is 0 Å². The highest BCUT2D eigenvalue weighted by Gasteiger charge is 2.50. The van der Waals surface area contributed by atoms with E-state index in [0.29, 0.717) is 0 Å². The fourth-order valence-electron chi connectivity index (χ4n) is 1.76. The van der Waals surface area contributed by atoms with Crippen LogP contribution in [0.5, 0.6) is 0 Å². The number of nitrogens with one attached hydrogen (secondary N) is 1. The van der Waals surface area contributed by atoms with Gasteiger partial charge < -0.3 is 11.5 Å². The van der Waals surface area contributed by atoms with Crippen molar-refractivity contribution in [1.29, 1.82) is 0 Å². The molecular weight excluding hydrogens is 223 g/mol. The van der Waals surface area contributed by atoms with E-state index >= 15 is 0 Å². The van der Waals surface area contributed by atoms with Gasteiger partial charge in [-0.2, -0.15) is 13.2 Å². The number of rotatable bonds is 1. The lowest BCUT2D eigenvalue weighted by molar-refractivity contribution is -0.238. The van der Waals surface area contributed by atoms with Crippen LogP contribution in [0.25, 0.3) is 0 Å². The summed E-state index contributed by atoms with van der Waals surface area (Å²) < 4.78 is 38.4. The molecule has 3 unspecified atom stereocenters. The predicted molar refractivity (Wildman–Crippen MR) is 53.7 cm³/mol. The molecule has 0 bridgehead atoms. The topological polar surface area (TPSA) is 70.5 Å². The molecule has 0 aromatic heterocycles. The third-order valence-corrected chi connectivity index (χ3v) is 2.69. The zero-order chi connectivity index (χ0) is 12.7. The van der Waals surface area contributed by atoms with Crippen molar-refractivity contribution in [2.45, 2.75) is 44.8 Å². The Labute approximate surface area is 92.5 Å². The van der Waals surface area contributed by atoms with Gasteiger partial charge in [-0.3, -0.25) is 10.2 Å². The molecule has 96 valence electrons. The van der Waals surface area contributed by atoms with E-state index in [-0.39, 0.29) is 6.04 Å². The van der Waals surface area contributed by atoms with Crippen molar-refractivity contribution in [2.24, 2.45) is 11.5 Å². The van der Waals surface area contributed by atoms with Gasteiger partial charge in [-0.25, -0.2) is 4.90 Å². The van der Waals surface area contributed by atoms with Gasteiger partial charge in [0.1, 0.15) is 12.6 Å². The van der Waals surface area contributed by atoms with Crippen LogP contribution in [0.4, 0.5) is 13.2 Å². The summed E-state index contributed by atoms with van der Waals surface area (Å²) >= 11 is 0. The standard InChI is InChI=1S/C8H18F3N5/c1-4(2)16-5(8(9,10)11)14-6(12)15(3)7(16)13/h4-7,14H,12-13H2,1-3H3. The summed E-state index contributed by atoms with van der Waals surface area (Å²) in [5.74, 6) is 0. The summed E-state index contributed by atoms with van der Waals surface area (Å²) in [4.78, 5) is 2.59. The molecule has 0 amide bonds. The quantitative estimate of drug-likeness (QED) is 0.583. The molecule has 0 aliphatic carbocycles. The van der Waals surface area contributed by atoms with E-state index < -0.39 is 24.9 Å². The van der Waals surface area contributed by atoms with Crippen LogP contribution >= 0.6 is 0 Å². The molecule has 0 spiro atoms. The molecular formula is C8H18F3N5. The Hall–Kier alpha value is -0.410. The van der Waals surface area contributed by atoms with Crippen molar-refractivity contribution in [3.8, 4) is 0 Å². The van der Waals surface area contributed by atoms with E-state index in [0.717, 1.165) is 4.90 Å². The first-order valence-electron chi connectivity index (χ1n) is 4.99. The van der Waals surface area contributed by atoms with E-state index in [1.807, 2.05) is 0 Å². The van der Waals surface area contributed by atoms with Gasteiger partial charge in [-0.05, 0) is 20.9 Å². The van der Waals surface area contributed by atoms with Gasteiger partial charge in [-0.1, -0.05) is 0 Å². The molecule has 1 rings (SSSR count). The third kappa shape index (κ3) is 2.46. The van der Waals surface area contributed by atoms with Crippen molar-refractivity contribution in [3.63, 3.8) is 0 Å². The Balaban J connectivity index is 2.97. The minimum absolute atomic E-state index is 0.343. The number of hydrogen-bond acceptors (Lipinski definition) is 5. The Bertz CT molecular complexity index is 244. The zero-order valence-corrected chi connectivity index (χ0v) is 9.49. The lowest BCUT2D eigenvalue weighted by Crippen LogP contribution is -2.77. The summed E-state index contributed by atoms with van der Waals surface area (Å²) in [6.07, 6.45) is -7.98. The average Bonchev–Trinajstić information content (AvgIpc) is 2.11. The summed E-state index contributed by atoms with van der Waals surface area (Å²) in [5.41, 5.74) is 11.3. The second-order valence-electron chi connectivity index (χ2n) is 4.18. The summed E-state index contributed by atoms with van der Waals surface area (Å²) in [6.45, 7) is 3.32. The van der Waals surface area contributed by atoms with Crippen LogP contribution < -0.4 is 16.8 Å². The van der Waals surface area contributed by atoms with E-state index in [4.69, 9.17) is 11.5 Å². The first kappa shape index (κ1) is 13.7. The van der Waals surface area contributed by atoms with Gasteiger partial charge in [0.15, 0.2) is 6.17 Å². The molecule has 0 saturated carbocycles. The van der Waals surface area contributed by atoms with Crippen LogP contribution in [0.1, 0.15) is 13.8 Å².